The molecule has 0 radical (unpaired) electrons. The molecule has 2 aromatic rings. The lowest BCUT2D eigenvalue weighted by Gasteiger charge is -2.33. The number of aryl methyl sites for hydroxylation is 1. The average molecular weight is 544 g/mol. The summed E-state index contributed by atoms with van der Waals surface area (Å²) in [5.41, 5.74) is 2.24. The van der Waals surface area contributed by atoms with Gasteiger partial charge in [-0.2, -0.15) is 0 Å². The molecule has 0 spiro atoms. The zero-order chi connectivity index (χ0) is 27.3. The van der Waals surface area contributed by atoms with Gasteiger partial charge < -0.3 is 19.7 Å². The third-order valence-corrected chi connectivity index (χ3v) is 8.19. The standard InChI is InChI=1S/C28H37N3O6S/c1-4-24(28(33)29-22-7-5-6-8-22)30(18-21-11-9-20(2)10-12-21)27(32)19-31(38(3,34)35)23-13-14-25-26(17-23)37-16-15-36-25/h9-14,17,22,24H,4-8,15-16,18-19H2,1-3H3,(H,29,33)/t24-/m0/s1. The van der Waals surface area contributed by atoms with Gasteiger partial charge in [0.25, 0.3) is 0 Å². The van der Waals surface area contributed by atoms with Gasteiger partial charge in [0.1, 0.15) is 25.8 Å². The number of hydrogen-bond donors (Lipinski definition) is 1. The third-order valence-electron chi connectivity index (χ3n) is 7.05. The minimum Gasteiger partial charge on any atom is -0.486 e. The molecule has 1 fully saturated rings. The molecule has 10 heteroatoms. The van der Waals surface area contributed by atoms with Crippen molar-refractivity contribution in [1.82, 2.24) is 10.2 Å². The van der Waals surface area contributed by atoms with Crippen LogP contribution in [0.3, 0.4) is 0 Å². The Kier molecular flexibility index (Phi) is 8.81. The van der Waals surface area contributed by atoms with Crippen LogP contribution in [0.1, 0.15) is 50.2 Å². The predicted octanol–water partition coefficient (Wildman–Crippen LogP) is 3.40. The topological polar surface area (TPSA) is 105 Å². The number of amides is 2. The summed E-state index contributed by atoms with van der Waals surface area (Å²) in [5.74, 6) is 0.286. The Hall–Kier alpha value is -3.27. The van der Waals surface area contributed by atoms with Gasteiger partial charge in [0.05, 0.1) is 11.9 Å². The van der Waals surface area contributed by atoms with Gasteiger partial charge in [0.2, 0.25) is 21.8 Å². The van der Waals surface area contributed by atoms with E-state index in [0.29, 0.717) is 36.8 Å². The number of ether oxygens (including phenoxy) is 2. The molecule has 206 valence electrons. The molecular formula is C28H37N3O6S. The van der Waals surface area contributed by atoms with Gasteiger partial charge in [-0.15, -0.1) is 0 Å². The van der Waals surface area contributed by atoms with Crippen LogP contribution in [0.4, 0.5) is 5.69 Å². The fraction of sp³-hybridized carbons (Fsp3) is 0.500. The van der Waals surface area contributed by atoms with E-state index >= 15 is 0 Å². The number of benzene rings is 2. The lowest BCUT2D eigenvalue weighted by Crippen LogP contribution is -2.53. The molecule has 38 heavy (non-hydrogen) atoms. The lowest BCUT2D eigenvalue weighted by atomic mass is 10.1. The van der Waals surface area contributed by atoms with E-state index < -0.39 is 28.5 Å². The maximum atomic E-state index is 13.9. The second-order valence-electron chi connectivity index (χ2n) is 10.0. The summed E-state index contributed by atoms with van der Waals surface area (Å²) < 4.78 is 38.0. The van der Waals surface area contributed by atoms with Gasteiger partial charge in [-0.05, 0) is 43.9 Å². The molecule has 1 aliphatic heterocycles. The van der Waals surface area contributed by atoms with Crippen LogP contribution in [0.5, 0.6) is 11.5 Å². The molecule has 1 saturated carbocycles. The first-order valence-corrected chi connectivity index (χ1v) is 15.0. The van der Waals surface area contributed by atoms with Crippen molar-refractivity contribution in [3.63, 3.8) is 0 Å². The Balaban J connectivity index is 1.62. The first kappa shape index (κ1) is 27.8. The van der Waals surface area contributed by atoms with Gasteiger partial charge in [-0.1, -0.05) is 49.6 Å². The number of sulfonamides is 1. The van der Waals surface area contributed by atoms with E-state index in [1.165, 1.54) is 4.90 Å². The highest BCUT2D eigenvalue weighted by Crippen LogP contribution is 2.34. The van der Waals surface area contributed by atoms with Crippen molar-refractivity contribution in [1.29, 1.82) is 0 Å². The second-order valence-corrected chi connectivity index (χ2v) is 11.9. The lowest BCUT2D eigenvalue weighted by molar-refractivity contribution is -0.140. The second kappa shape index (κ2) is 12.1. The summed E-state index contributed by atoms with van der Waals surface area (Å²) in [6, 6.07) is 11.9. The monoisotopic (exact) mass is 543 g/mol. The third kappa shape index (κ3) is 6.78. The molecule has 2 aliphatic rings. The van der Waals surface area contributed by atoms with Crippen LogP contribution in [-0.4, -0.2) is 63.2 Å². The largest absolute Gasteiger partial charge is 0.486 e. The molecule has 0 aromatic heterocycles. The normalized spacial score (nSPS) is 16.1. The van der Waals surface area contributed by atoms with Gasteiger partial charge in [-0.25, -0.2) is 8.42 Å². The van der Waals surface area contributed by atoms with Crippen LogP contribution in [0.2, 0.25) is 0 Å². The quantitative estimate of drug-likeness (QED) is 0.493. The number of nitrogens with zero attached hydrogens (tertiary/aromatic N) is 2. The number of anilines is 1. The SMILES string of the molecule is CC[C@@H](C(=O)NC1CCCC1)N(Cc1ccc(C)cc1)C(=O)CN(c1ccc2c(c1)OCCO2)S(C)(=O)=O. The van der Waals surface area contributed by atoms with Crippen LogP contribution in [0.15, 0.2) is 42.5 Å². The van der Waals surface area contributed by atoms with E-state index in [0.717, 1.165) is 47.4 Å². The van der Waals surface area contributed by atoms with Gasteiger partial charge in [0, 0.05) is 18.7 Å². The minimum absolute atomic E-state index is 0.109. The average Bonchev–Trinajstić information content (AvgIpc) is 3.40. The van der Waals surface area contributed by atoms with Crippen molar-refractivity contribution in [2.45, 2.75) is 64.6 Å². The van der Waals surface area contributed by atoms with Crippen LogP contribution in [0.25, 0.3) is 0 Å². The van der Waals surface area contributed by atoms with Crippen LogP contribution >= 0.6 is 0 Å². The zero-order valence-corrected chi connectivity index (χ0v) is 23.1. The highest BCUT2D eigenvalue weighted by Gasteiger charge is 2.33. The minimum atomic E-state index is -3.83. The Morgan fingerprint density at radius 1 is 1.03 bits per heavy atom. The fourth-order valence-corrected chi connectivity index (χ4v) is 5.82. The number of carbonyl (C=O) groups excluding carboxylic acids is 2. The molecule has 4 rings (SSSR count). The van der Waals surface area contributed by atoms with E-state index in [-0.39, 0.29) is 18.5 Å². The summed E-state index contributed by atoms with van der Waals surface area (Å²) >= 11 is 0. The molecule has 1 N–H and O–H groups in total. The Morgan fingerprint density at radius 2 is 1.68 bits per heavy atom. The van der Waals surface area contributed by atoms with E-state index in [4.69, 9.17) is 9.47 Å². The van der Waals surface area contributed by atoms with Crippen molar-refractivity contribution in [3.8, 4) is 11.5 Å². The molecule has 1 atom stereocenters. The first-order chi connectivity index (χ1) is 18.2. The van der Waals surface area contributed by atoms with E-state index in [9.17, 15) is 18.0 Å². The molecule has 0 saturated heterocycles. The van der Waals surface area contributed by atoms with Crippen molar-refractivity contribution in [2.24, 2.45) is 0 Å². The number of nitrogens with one attached hydrogen (secondary N) is 1. The van der Waals surface area contributed by atoms with E-state index in [1.54, 1.807) is 18.2 Å². The maximum Gasteiger partial charge on any atom is 0.244 e. The van der Waals surface area contributed by atoms with Crippen LogP contribution < -0.4 is 19.1 Å². The highest BCUT2D eigenvalue weighted by atomic mass is 32.2. The Labute approximate surface area is 225 Å². The fourth-order valence-electron chi connectivity index (χ4n) is 4.98. The number of rotatable bonds is 10. The van der Waals surface area contributed by atoms with E-state index in [1.807, 2.05) is 38.1 Å². The molecule has 9 nitrogen and oxygen atoms in total. The van der Waals surface area contributed by atoms with Gasteiger partial charge in [-0.3, -0.25) is 13.9 Å². The first-order valence-electron chi connectivity index (χ1n) is 13.2. The van der Waals surface area contributed by atoms with Crippen molar-refractivity contribution in [3.05, 3.63) is 53.6 Å². The number of carbonyl (C=O) groups is 2. The van der Waals surface area contributed by atoms with E-state index in [2.05, 4.69) is 5.32 Å². The van der Waals surface area contributed by atoms with Crippen molar-refractivity contribution < 1.29 is 27.5 Å². The predicted molar refractivity (Wildman–Crippen MR) is 146 cm³/mol. The number of fused-ring (bicyclic) bond motifs is 1. The van der Waals surface area contributed by atoms with Crippen LogP contribution in [-0.2, 0) is 26.2 Å². The maximum absolute atomic E-state index is 13.9. The molecule has 1 heterocycles. The van der Waals surface area contributed by atoms with Crippen LogP contribution in [0, 0.1) is 6.92 Å². The van der Waals surface area contributed by atoms with Gasteiger partial charge >= 0.3 is 0 Å². The van der Waals surface area contributed by atoms with Gasteiger partial charge in [0.15, 0.2) is 11.5 Å². The van der Waals surface area contributed by atoms with Crippen molar-refractivity contribution >= 4 is 27.5 Å². The summed E-state index contributed by atoms with van der Waals surface area (Å²) in [5, 5.41) is 3.11. The summed E-state index contributed by atoms with van der Waals surface area (Å²) in [4.78, 5) is 28.7. The molecule has 2 amide bonds. The Bertz CT molecular complexity index is 1240. The smallest absolute Gasteiger partial charge is 0.244 e. The number of hydrogen-bond acceptors (Lipinski definition) is 6. The Morgan fingerprint density at radius 3 is 2.32 bits per heavy atom. The molecule has 0 bridgehead atoms. The molecule has 2 aromatic carbocycles. The summed E-state index contributed by atoms with van der Waals surface area (Å²) in [6.45, 7) is 4.35. The molecule has 0 unspecified atom stereocenters. The summed E-state index contributed by atoms with van der Waals surface area (Å²) in [6.07, 6.45) is 5.48. The summed E-state index contributed by atoms with van der Waals surface area (Å²) in [7, 11) is -3.83. The van der Waals surface area contributed by atoms with Crippen molar-refractivity contribution in [2.75, 3.05) is 30.3 Å². The molecular weight excluding hydrogens is 506 g/mol. The highest BCUT2D eigenvalue weighted by molar-refractivity contribution is 7.92. The zero-order valence-electron chi connectivity index (χ0n) is 22.3. The molecule has 1 aliphatic carbocycles.